The lowest BCUT2D eigenvalue weighted by atomic mass is 10.2. The third kappa shape index (κ3) is 2.92. The van der Waals surface area contributed by atoms with Crippen molar-refractivity contribution in [3.8, 4) is 5.69 Å². The van der Waals surface area contributed by atoms with Gasteiger partial charge < -0.3 is 4.98 Å². The zero-order chi connectivity index (χ0) is 17.6. The molecule has 0 aliphatic heterocycles. The van der Waals surface area contributed by atoms with Gasteiger partial charge in [-0.1, -0.05) is 48.7 Å². The average molecular weight is 404 g/mol. The number of hydrogen-bond donors (Lipinski definition) is 1. The quantitative estimate of drug-likeness (QED) is 0.631. The lowest BCUT2D eigenvalue weighted by Crippen LogP contribution is -2.13. The molecule has 3 rings (SSSR count). The highest BCUT2D eigenvalue weighted by atomic mass is 35.5. The van der Waals surface area contributed by atoms with Gasteiger partial charge in [0, 0.05) is 10.9 Å². The minimum absolute atomic E-state index is 0.0549. The number of fused-ring (bicyclic) bond motifs is 1. The molecule has 0 bridgehead atoms. The van der Waals surface area contributed by atoms with Crippen LogP contribution in [0.1, 0.15) is 25.6 Å². The number of thioether (sulfide) groups is 1. The zero-order valence-electron chi connectivity index (χ0n) is 13.0. The third-order valence-corrected chi connectivity index (χ3v) is 4.92. The maximum absolute atomic E-state index is 12.5. The second-order valence-electron chi connectivity index (χ2n) is 5.44. The van der Waals surface area contributed by atoms with E-state index in [-0.39, 0.29) is 11.5 Å². The van der Waals surface area contributed by atoms with Gasteiger partial charge in [-0.2, -0.15) is 5.10 Å². The minimum Gasteiger partial charge on any atom is -0.310 e. The van der Waals surface area contributed by atoms with Crippen LogP contribution in [0.5, 0.6) is 0 Å². The predicted octanol–water partition coefficient (Wildman–Crippen LogP) is 4.91. The molecule has 0 radical (unpaired) electrons. The van der Waals surface area contributed by atoms with Crippen LogP contribution in [0, 0.1) is 0 Å². The topological polar surface area (TPSA) is 63.6 Å². The van der Waals surface area contributed by atoms with Crippen molar-refractivity contribution >= 4 is 57.6 Å². The Morgan fingerprint density at radius 3 is 2.38 bits per heavy atom. The summed E-state index contributed by atoms with van der Waals surface area (Å²) in [5.74, 6) is 0.627. The molecule has 1 N–H and O–H groups in total. The smallest absolute Gasteiger partial charge is 0.263 e. The number of halogens is 3. The van der Waals surface area contributed by atoms with Crippen molar-refractivity contribution in [2.75, 3.05) is 6.26 Å². The molecule has 5 nitrogen and oxygen atoms in total. The number of benzene rings is 1. The van der Waals surface area contributed by atoms with Crippen molar-refractivity contribution in [2.24, 2.45) is 0 Å². The average Bonchev–Trinajstić information content (AvgIpc) is 2.85. The number of rotatable bonds is 3. The molecular weight excluding hydrogens is 391 g/mol. The van der Waals surface area contributed by atoms with Crippen molar-refractivity contribution in [3.05, 3.63) is 43.4 Å². The third-order valence-electron chi connectivity index (χ3n) is 3.46. The van der Waals surface area contributed by atoms with Crippen molar-refractivity contribution in [1.82, 2.24) is 19.7 Å². The van der Waals surface area contributed by atoms with E-state index in [1.807, 2.05) is 20.1 Å². The van der Waals surface area contributed by atoms with Crippen LogP contribution in [-0.4, -0.2) is 26.0 Å². The van der Waals surface area contributed by atoms with Gasteiger partial charge in [0.25, 0.3) is 5.56 Å². The molecule has 0 unspecified atom stereocenters. The summed E-state index contributed by atoms with van der Waals surface area (Å²) in [7, 11) is 0. The molecule has 2 heterocycles. The van der Waals surface area contributed by atoms with E-state index >= 15 is 0 Å². The summed E-state index contributed by atoms with van der Waals surface area (Å²) in [6.07, 6.45) is 1.84. The Labute approximate surface area is 157 Å². The first kappa shape index (κ1) is 17.6. The molecule has 9 heteroatoms. The van der Waals surface area contributed by atoms with E-state index in [4.69, 9.17) is 34.8 Å². The van der Waals surface area contributed by atoms with Crippen molar-refractivity contribution in [1.29, 1.82) is 0 Å². The molecule has 0 saturated carbocycles. The number of nitrogens with one attached hydrogen (secondary N) is 1. The molecule has 0 fully saturated rings. The fraction of sp³-hybridized carbons (Fsp3) is 0.267. The molecule has 0 amide bonds. The largest absolute Gasteiger partial charge is 0.310 e. The number of aromatic amines is 1. The Morgan fingerprint density at radius 1 is 1.21 bits per heavy atom. The van der Waals surface area contributed by atoms with E-state index in [0.717, 1.165) is 0 Å². The van der Waals surface area contributed by atoms with Gasteiger partial charge in [0.1, 0.15) is 21.9 Å². The van der Waals surface area contributed by atoms with Gasteiger partial charge in [0.2, 0.25) is 0 Å². The predicted molar refractivity (Wildman–Crippen MR) is 100 cm³/mol. The summed E-state index contributed by atoms with van der Waals surface area (Å²) in [6, 6.07) is 3.15. The Morgan fingerprint density at radius 2 is 1.83 bits per heavy atom. The summed E-state index contributed by atoms with van der Waals surface area (Å²) >= 11 is 20.0. The van der Waals surface area contributed by atoms with Gasteiger partial charge in [-0.15, -0.1) is 11.8 Å². The molecule has 0 spiro atoms. The Hall–Kier alpha value is -1.21. The van der Waals surface area contributed by atoms with Crippen LogP contribution in [0.2, 0.25) is 15.1 Å². The molecule has 24 heavy (non-hydrogen) atoms. The summed E-state index contributed by atoms with van der Waals surface area (Å²) < 4.78 is 1.50. The number of nitrogens with zero attached hydrogens (tertiary/aromatic N) is 3. The van der Waals surface area contributed by atoms with Crippen LogP contribution in [0.25, 0.3) is 16.7 Å². The molecule has 0 atom stereocenters. The first-order valence-corrected chi connectivity index (χ1v) is 9.41. The molecule has 0 aliphatic rings. The SMILES string of the molecule is CSc1nn(-c2c(Cl)cc(Cl)cc2Cl)c2nc(C(C)C)[nH]c(=O)c12. The lowest BCUT2D eigenvalue weighted by molar-refractivity contribution is 0.767. The highest BCUT2D eigenvalue weighted by Crippen LogP contribution is 2.35. The van der Waals surface area contributed by atoms with Crippen LogP contribution in [0.15, 0.2) is 22.0 Å². The number of hydrogen-bond acceptors (Lipinski definition) is 4. The second-order valence-corrected chi connectivity index (χ2v) is 7.49. The number of H-pyrrole nitrogens is 1. The highest BCUT2D eigenvalue weighted by Gasteiger charge is 2.21. The van der Waals surface area contributed by atoms with Crippen molar-refractivity contribution in [3.63, 3.8) is 0 Å². The standard InChI is InChI=1S/C15H13Cl3N4OS/c1-6(2)12-19-13-10(14(23)20-12)15(24-3)21-22(13)11-8(17)4-7(16)5-9(11)18/h4-6H,1-3H3,(H,19,20,23). The van der Waals surface area contributed by atoms with E-state index < -0.39 is 0 Å². The maximum atomic E-state index is 12.5. The Kier molecular flexibility index (Phi) is 4.84. The van der Waals surface area contributed by atoms with Gasteiger partial charge in [-0.3, -0.25) is 4.79 Å². The first-order chi connectivity index (χ1) is 11.3. The summed E-state index contributed by atoms with van der Waals surface area (Å²) in [4.78, 5) is 19.9. The minimum atomic E-state index is -0.236. The summed E-state index contributed by atoms with van der Waals surface area (Å²) in [6.45, 7) is 3.89. The van der Waals surface area contributed by atoms with E-state index in [9.17, 15) is 4.79 Å². The maximum Gasteiger partial charge on any atom is 0.263 e. The van der Waals surface area contributed by atoms with E-state index in [1.54, 1.807) is 12.1 Å². The molecule has 126 valence electrons. The molecule has 2 aromatic heterocycles. The first-order valence-electron chi connectivity index (χ1n) is 7.05. The fourth-order valence-electron chi connectivity index (χ4n) is 2.32. The Balaban J connectivity index is 2.43. The highest BCUT2D eigenvalue weighted by molar-refractivity contribution is 7.98. The second kappa shape index (κ2) is 6.59. The van der Waals surface area contributed by atoms with Gasteiger partial charge >= 0.3 is 0 Å². The van der Waals surface area contributed by atoms with Crippen LogP contribution >= 0.6 is 46.6 Å². The van der Waals surface area contributed by atoms with Crippen molar-refractivity contribution < 1.29 is 0 Å². The summed E-state index contributed by atoms with van der Waals surface area (Å²) in [5.41, 5.74) is 0.624. The molecule has 3 aromatic rings. The van der Waals surface area contributed by atoms with E-state index in [0.29, 0.717) is 42.6 Å². The summed E-state index contributed by atoms with van der Waals surface area (Å²) in [5, 5.41) is 6.52. The van der Waals surface area contributed by atoms with Crippen LogP contribution in [0.3, 0.4) is 0 Å². The zero-order valence-corrected chi connectivity index (χ0v) is 16.1. The molecule has 0 saturated heterocycles. The van der Waals surface area contributed by atoms with Gasteiger partial charge in [-0.25, -0.2) is 9.67 Å². The molecule has 1 aromatic carbocycles. The normalized spacial score (nSPS) is 11.6. The van der Waals surface area contributed by atoms with Gasteiger partial charge in [0.15, 0.2) is 5.65 Å². The van der Waals surface area contributed by atoms with Gasteiger partial charge in [-0.05, 0) is 18.4 Å². The monoisotopic (exact) mass is 402 g/mol. The number of aromatic nitrogens is 4. The Bertz CT molecular complexity index is 973. The van der Waals surface area contributed by atoms with Crippen LogP contribution < -0.4 is 5.56 Å². The van der Waals surface area contributed by atoms with Crippen molar-refractivity contribution in [2.45, 2.75) is 24.8 Å². The molecule has 0 aliphatic carbocycles. The van der Waals surface area contributed by atoms with Crippen LogP contribution in [0.4, 0.5) is 0 Å². The lowest BCUT2D eigenvalue weighted by Gasteiger charge is -2.09. The van der Waals surface area contributed by atoms with E-state index in [2.05, 4.69) is 15.1 Å². The molecular formula is C15H13Cl3N4OS. The fourth-order valence-corrected chi connectivity index (χ4v) is 3.85. The van der Waals surface area contributed by atoms with Gasteiger partial charge in [0.05, 0.1) is 10.0 Å². The van der Waals surface area contributed by atoms with Crippen LogP contribution in [-0.2, 0) is 0 Å². The van der Waals surface area contributed by atoms with E-state index in [1.165, 1.54) is 16.4 Å².